The van der Waals surface area contributed by atoms with Crippen LogP contribution in [0.25, 0.3) is 0 Å². The van der Waals surface area contributed by atoms with E-state index in [9.17, 15) is 15.3 Å². The van der Waals surface area contributed by atoms with Crippen LogP contribution in [-0.4, -0.2) is 57.2 Å². The molecule has 8 fully saturated rings. The quantitative estimate of drug-likeness (QED) is 0.336. The fourth-order valence-corrected chi connectivity index (χ4v) is 15.7. The third-order valence-electron chi connectivity index (χ3n) is 17.2. The van der Waals surface area contributed by atoms with Crippen molar-refractivity contribution in [3.8, 4) is 0 Å². The summed E-state index contributed by atoms with van der Waals surface area (Å²) in [5, 5.41) is 36.3. The van der Waals surface area contributed by atoms with Gasteiger partial charge in [0.25, 0.3) is 0 Å². The minimum atomic E-state index is -0.577. The number of aliphatic hydroxyl groups is 3. The van der Waals surface area contributed by atoms with E-state index in [-0.39, 0.29) is 34.4 Å². The highest BCUT2D eigenvalue weighted by molar-refractivity contribution is 5.23. The number of nitrogens with zero attached hydrogens (tertiary/aromatic N) is 1. The SMILES string of the molecule is C[C@@H]1CC[C@H]2N(C1)C[C@H]1[C@H]3C[C@H]4[C@@]56CCC[C@@]4(C[C@H](O)[C@H]5C[C@@H](O)[C@]4(CC[C@@H](CCc5ccccc5)C4)C6)[C@H]3CC[C@H]1[C@]2(C)O. The van der Waals surface area contributed by atoms with Crippen molar-refractivity contribution in [3.63, 3.8) is 0 Å². The normalized spacial score (nSPS) is 55.4. The van der Waals surface area contributed by atoms with Gasteiger partial charge in [0.2, 0.25) is 0 Å². The predicted molar refractivity (Wildman–Crippen MR) is 178 cm³/mol. The van der Waals surface area contributed by atoms with Gasteiger partial charge in [-0.25, -0.2) is 0 Å². The number of fused-ring (bicyclic) bond motifs is 4. The van der Waals surface area contributed by atoms with Crippen LogP contribution in [0, 0.1) is 63.6 Å². The van der Waals surface area contributed by atoms with Gasteiger partial charge < -0.3 is 15.3 Å². The van der Waals surface area contributed by atoms with Crippen molar-refractivity contribution in [1.82, 2.24) is 4.90 Å². The average molecular weight is 616 g/mol. The zero-order valence-electron chi connectivity index (χ0n) is 28.3. The smallest absolute Gasteiger partial charge is 0.0805 e. The third-order valence-corrected chi connectivity index (χ3v) is 17.2. The van der Waals surface area contributed by atoms with Gasteiger partial charge in [-0.2, -0.15) is 0 Å². The minimum absolute atomic E-state index is 0.0555. The minimum Gasteiger partial charge on any atom is -0.393 e. The van der Waals surface area contributed by atoms with Crippen LogP contribution in [-0.2, 0) is 6.42 Å². The van der Waals surface area contributed by atoms with Crippen LogP contribution < -0.4 is 0 Å². The highest BCUT2D eigenvalue weighted by Crippen LogP contribution is 2.78. The third kappa shape index (κ3) is 4.29. The molecule has 248 valence electrons. The number of hydrogen-bond donors (Lipinski definition) is 3. The van der Waals surface area contributed by atoms with Crippen molar-refractivity contribution in [2.75, 3.05) is 13.1 Å². The fourth-order valence-electron chi connectivity index (χ4n) is 15.7. The Balaban J connectivity index is 1.01. The Morgan fingerprint density at radius 3 is 2.47 bits per heavy atom. The highest BCUT2D eigenvalue weighted by Gasteiger charge is 2.73. The van der Waals surface area contributed by atoms with Crippen molar-refractivity contribution in [2.24, 2.45) is 63.6 Å². The molecule has 2 saturated heterocycles. The highest BCUT2D eigenvalue weighted by atomic mass is 16.3. The van der Waals surface area contributed by atoms with Gasteiger partial charge >= 0.3 is 0 Å². The predicted octanol–water partition coefficient (Wildman–Crippen LogP) is 7.24. The molecule has 6 saturated carbocycles. The van der Waals surface area contributed by atoms with Gasteiger partial charge in [-0.1, -0.05) is 43.7 Å². The van der Waals surface area contributed by atoms with Crippen molar-refractivity contribution in [3.05, 3.63) is 35.9 Å². The second kappa shape index (κ2) is 10.5. The van der Waals surface area contributed by atoms with Crippen molar-refractivity contribution in [1.29, 1.82) is 0 Å². The number of aryl methyl sites for hydroxylation is 1. The molecule has 45 heavy (non-hydrogen) atoms. The molecule has 0 unspecified atom stereocenters. The number of rotatable bonds is 3. The van der Waals surface area contributed by atoms with Crippen LogP contribution in [0.15, 0.2) is 30.3 Å². The first kappa shape index (κ1) is 30.1. The van der Waals surface area contributed by atoms with Gasteiger partial charge in [0, 0.05) is 19.1 Å². The zero-order valence-corrected chi connectivity index (χ0v) is 28.3. The number of benzene rings is 1. The Bertz CT molecular complexity index is 1270. The summed E-state index contributed by atoms with van der Waals surface area (Å²) in [6, 6.07) is 11.3. The lowest BCUT2D eigenvalue weighted by Crippen LogP contribution is -2.67. The molecule has 0 radical (unpaired) electrons. The fraction of sp³-hybridized carbons (Fsp3) is 0.854. The molecule has 2 heterocycles. The van der Waals surface area contributed by atoms with E-state index >= 15 is 0 Å². The van der Waals surface area contributed by atoms with Gasteiger partial charge in [-0.3, -0.25) is 4.90 Å². The molecule has 9 rings (SSSR count). The molecule has 1 aromatic rings. The van der Waals surface area contributed by atoms with E-state index in [0.717, 1.165) is 44.1 Å². The van der Waals surface area contributed by atoms with Crippen LogP contribution in [0.2, 0.25) is 0 Å². The Morgan fingerprint density at radius 2 is 1.62 bits per heavy atom. The van der Waals surface area contributed by atoms with Gasteiger partial charge in [-0.05, 0) is 172 Å². The van der Waals surface area contributed by atoms with Crippen molar-refractivity contribution < 1.29 is 15.3 Å². The molecule has 0 amide bonds. The Kier molecular flexibility index (Phi) is 7.05. The van der Waals surface area contributed by atoms with Gasteiger partial charge in [0.05, 0.1) is 17.8 Å². The lowest BCUT2D eigenvalue weighted by Gasteiger charge is -2.68. The van der Waals surface area contributed by atoms with E-state index in [1.165, 1.54) is 89.2 Å². The number of aliphatic hydroxyl groups excluding tert-OH is 2. The molecule has 2 bridgehead atoms. The van der Waals surface area contributed by atoms with Gasteiger partial charge in [0.15, 0.2) is 0 Å². The Hall–Kier alpha value is -0.940. The van der Waals surface area contributed by atoms with E-state index in [1.54, 1.807) is 0 Å². The standard InChI is InChI=1S/C41H61NO3/c1-26-9-14-36-38(2,45)31-12-13-32-29(30(31)24-42(36)23-26)19-35-40(32)16-6-17-41(35)25-39(37(44)20-33(41)34(43)22-40)18-15-28(21-39)11-10-27-7-4-3-5-8-27/h3-5,7-8,26,28-37,43-45H,6,9-25H2,1-2H3/t26-,28-,29-,30+,31-,32+,33-,34+,35-,36-,37-,38+,39+,40-,41-/m1/s1. The topological polar surface area (TPSA) is 63.9 Å². The second-order valence-electron chi connectivity index (χ2n) is 18.9. The molecule has 3 N–H and O–H groups in total. The molecular formula is C41H61NO3. The maximum atomic E-state index is 12.2. The lowest BCUT2D eigenvalue weighted by atomic mass is 9.38. The summed E-state index contributed by atoms with van der Waals surface area (Å²) < 4.78 is 0. The molecule has 2 aliphatic heterocycles. The van der Waals surface area contributed by atoms with E-state index < -0.39 is 5.60 Å². The molecule has 8 aliphatic rings. The van der Waals surface area contributed by atoms with Crippen LogP contribution in [0.4, 0.5) is 0 Å². The summed E-state index contributed by atoms with van der Waals surface area (Å²) in [7, 11) is 0. The summed E-state index contributed by atoms with van der Waals surface area (Å²) in [4.78, 5) is 2.74. The maximum absolute atomic E-state index is 12.2. The first-order valence-electron chi connectivity index (χ1n) is 19.5. The van der Waals surface area contributed by atoms with Gasteiger partial charge in [0.1, 0.15) is 0 Å². The largest absolute Gasteiger partial charge is 0.393 e. The first-order valence-corrected chi connectivity index (χ1v) is 19.5. The second-order valence-corrected chi connectivity index (χ2v) is 18.9. The summed E-state index contributed by atoms with van der Waals surface area (Å²) in [6.45, 7) is 6.99. The molecule has 2 spiro atoms. The molecule has 4 nitrogen and oxygen atoms in total. The van der Waals surface area contributed by atoms with Crippen LogP contribution in [0.3, 0.4) is 0 Å². The summed E-state index contributed by atoms with van der Waals surface area (Å²) in [6.07, 6.45) is 18.7. The first-order chi connectivity index (χ1) is 21.7. The summed E-state index contributed by atoms with van der Waals surface area (Å²) in [5.74, 6) is 4.88. The summed E-state index contributed by atoms with van der Waals surface area (Å²) >= 11 is 0. The van der Waals surface area contributed by atoms with E-state index in [0.29, 0.717) is 35.6 Å². The molecule has 4 heteroatoms. The molecule has 0 aromatic heterocycles. The summed E-state index contributed by atoms with van der Waals surface area (Å²) in [5.41, 5.74) is 1.42. The van der Waals surface area contributed by atoms with Gasteiger partial charge in [-0.15, -0.1) is 0 Å². The Labute approximate surface area is 272 Å². The zero-order chi connectivity index (χ0) is 30.8. The average Bonchev–Trinajstić information content (AvgIpc) is 3.58. The van der Waals surface area contributed by atoms with Crippen LogP contribution in [0.1, 0.15) is 116 Å². The number of piperidine rings is 2. The monoisotopic (exact) mass is 615 g/mol. The molecule has 15 atom stereocenters. The molecule has 6 aliphatic carbocycles. The maximum Gasteiger partial charge on any atom is 0.0805 e. The van der Waals surface area contributed by atoms with E-state index in [1.807, 2.05) is 0 Å². The Morgan fingerprint density at radius 1 is 0.822 bits per heavy atom. The lowest BCUT2D eigenvalue weighted by molar-refractivity contribution is -0.231. The van der Waals surface area contributed by atoms with E-state index in [4.69, 9.17) is 0 Å². The van der Waals surface area contributed by atoms with Crippen LogP contribution in [0.5, 0.6) is 0 Å². The molecule has 1 aromatic carbocycles. The number of hydrogen-bond acceptors (Lipinski definition) is 4. The molecular weight excluding hydrogens is 554 g/mol. The van der Waals surface area contributed by atoms with Crippen molar-refractivity contribution in [2.45, 2.75) is 140 Å². The van der Waals surface area contributed by atoms with Crippen LogP contribution >= 0.6 is 0 Å². The van der Waals surface area contributed by atoms with E-state index in [2.05, 4.69) is 49.1 Å². The van der Waals surface area contributed by atoms with Crippen molar-refractivity contribution >= 4 is 0 Å².